The van der Waals surface area contributed by atoms with Crippen LogP contribution in [0.15, 0.2) is 18.2 Å². The van der Waals surface area contributed by atoms with Crippen molar-refractivity contribution in [1.82, 2.24) is 0 Å². The normalized spacial score (nSPS) is 12.1. The molecule has 0 heterocycles. The molecule has 3 nitrogen and oxygen atoms in total. The second-order valence-corrected chi connectivity index (χ2v) is 2.67. The van der Waals surface area contributed by atoms with Crippen molar-refractivity contribution in [2.75, 3.05) is 0 Å². The van der Waals surface area contributed by atoms with Gasteiger partial charge in [0.2, 0.25) is 0 Å². The average Bonchev–Trinajstić information content (AvgIpc) is 2.04. The van der Waals surface area contributed by atoms with Crippen molar-refractivity contribution in [3.8, 4) is 11.8 Å². The van der Waals surface area contributed by atoms with E-state index >= 15 is 0 Å². The number of phenolic OH excluding ortho intramolecular Hbond substituents is 1. The second kappa shape index (κ2) is 3.87. The second-order valence-electron chi connectivity index (χ2n) is 2.67. The Hall–Kier alpha value is -1.60. The molecule has 1 aromatic rings. The number of nitrogens with zero attached hydrogens (tertiary/aromatic N) is 1. The third kappa shape index (κ3) is 2.17. The number of nitrogens with two attached hydrogens (primary N) is 1. The SMILES string of the molecule is N#CC[C@H](N)c1ccc(O)cc1F. The van der Waals surface area contributed by atoms with E-state index in [1.807, 2.05) is 6.07 Å². The molecule has 1 aromatic carbocycles. The number of rotatable bonds is 2. The first kappa shape index (κ1) is 9.49. The lowest BCUT2D eigenvalue weighted by atomic mass is 10.0. The minimum atomic E-state index is -0.634. The largest absolute Gasteiger partial charge is 0.508 e. The van der Waals surface area contributed by atoms with Crippen molar-refractivity contribution in [1.29, 1.82) is 5.26 Å². The smallest absolute Gasteiger partial charge is 0.131 e. The molecule has 0 unspecified atom stereocenters. The van der Waals surface area contributed by atoms with Crippen LogP contribution in [0.4, 0.5) is 4.39 Å². The molecule has 0 fully saturated rings. The molecule has 1 rings (SSSR count). The molecule has 0 aliphatic heterocycles. The number of hydrogen-bond donors (Lipinski definition) is 2. The summed E-state index contributed by atoms with van der Waals surface area (Å²) in [5.41, 5.74) is 5.76. The van der Waals surface area contributed by atoms with Crippen molar-refractivity contribution in [2.24, 2.45) is 5.73 Å². The van der Waals surface area contributed by atoms with Gasteiger partial charge < -0.3 is 10.8 Å². The summed E-state index contributed by atoms with van der Waals surface area (Å²) in [6.07, 6.45) is 0.0572. The highest BCUT2D eigenvalue weighted by Gasteiger charge is 2.10. The standard InChI is InChI=1S/C9H9FN2O/c10-8-5-6(13)1-2-7(8)9(12)3-4-11/h1-2,5,9,13H,3,12H2/t9-/m0/s1. The summed E-state index contributed by atoms with van der Waals surface area (Å²) < 4.78 is 13.1. The Labute approximate surface area is 75.2 Å². The van der Waals surface area contributed by atoms with Crippen LogP contribution in [0.2, 0.25) is 0 Å². The lowest BCUT2D eigenvalue weighted by Gasteiger charge is -2.08. The Morgan fingerprint density at radius 3 is 2.85 bits per heavy atom. The molecule has 4 heteroatoms. The number of halogens is 1. The Morgan fingerprint density at radius 1 is 1.62 bits per heavy atom. The maximum absolute atomic E-state index is 13.1. The van der Waals surface area contributed by atoms with Crippen LogP contribution in [-0.4, -0.2) is 5.11 Å². The van der Waals surface area contributed by atoms with Crippen molar-refractivity contribution in [3.05, 3.63) is 29.6 Å². The van der Waals surface area contributed by atoms with Crippen LogP contribution < -0.4 is 5.73 Å². The first-order valence-electron chi connectivity index (χ1n) is 3.76. The number of benzene rings is 1. The van der Waals surface area contributed by atoms with Crippen LogP contribution in [0.5, 0.6) is 5.75 Å². The van der Waals surface area contributed by atoms with E-state index in [1.54, 1.807) is 0 Å². The van der Waals surface area contributed by atoms with Gasteiger partial charge in [0, 0.05) is 17.7 Å². The van der Waals surface area contributed by atoms with Crippen LogP contribution in [0.25, 0.3) is 0 Å². The van der Waals surface area contributed by atoms with Crippen molar-refractivity contribution in [3.63, 3.8) is 0 Å². The highest BCUT2D eigenvalue weighted by Crippen LogP contribution is 2.21. The van der Waals surface area contributed by atoms with E-state index in [0.717, 1.165) is 6.07 Å². The van der Waals surface area contributed by atoms with Gasteiger partial charge in [0.15, 0.2) is 0 Å². The van der Waals surface area contributed by atoms with Crippen molar-refractivity contribution < 1.29 is 9.50 Å². The fraction of sp³-hybridized carbons (Fsp3) is 0.222. The van der Waals surface area contributed by atoms with Gasteiger partial charge in [0.25, 0.3) is 0 Å². The molecule has 1 atom stereocenters. The summed E-state index contributed by atoms with van der Waals surface area (Å²) in [5.74, 6) is -0.729. The van der Waals surface area contributed by atoms with Gasteiger partial charge in [-0.1, -0.05) is 6.07 Å². The first-order chi connectivity index (χ1) is 6.15. The van der Waals surface area contributed by atoms with E-state index in [1.165, 1.54) is 12.1 Å². The average molecular weight is 180 g/mol. The molecule has 0 radical (unpaired) electrons. The highest BCUT2D eigenvalue weighted by atomic mass is 19.1. The van der Waals surface area contributed by atoms with Crippen LogP contribution in [0.3, 0.4) is 0 Å². The monoisotopic (exact) mass is 180 g/mol. The Bertz CT molecular complexity index is 346. The van der Waals surface area contributed by atoms with Gasteiger partial charge in [-0.2, -0.15) is 5.26 Å². The summed E-state index contributed by atoms with van der Waals surface area (Å²) in [4.78, 5) is 0. The van der Waals surface area contributed by atoms with Crippen LogP contribution in [0, 0.1) is 17.1 Å². The molecule has 0 aromatic heterocycles. The molecule has 0 bridgehead atoms. The molecule has 68 valence electrons. The molecule has 0 aliphatic rings. The van der Waals surface area contributed by atoms with E-state index in [2.05, 4.69) is 0 Å². The zero-order valence-corrected chi connectivity index (χ0v) is 6.87. The predicted molar refractivity (Wildman–Crippen MR) is 45.2 cm³/mol. The fourth-order valence-corrected chi connectivity index (χ4v) is 1.03. The quantitative estimate of drug-likeness (QED) is 0.723. The van der Waals surface area contributed by atoms with Gasteiger partial charge in [-0.25, -0.2) is 4.39 Å². The maximum atomic E-state index is 13.1. The fourth-order valence-electron chi connectivity index (χ4n) is 1.03. The zero-order chi connectivity index (χ0) is 9.84. The van der Waals surface area contributed by atoms with Gasteiger partial charge in [-0.15, -0.1) is 0 Å². The molecule has 3 N–H and O–H groups in total. The number of hydrogen-bond acceptors (Lipinski definition) is 3. The Balaban J connectivity index is 2.96. The van der Waals surface area contributed by atoms with Gasteiger partial charge in [0.1, 0.15) is 11.6 Å². The van der Waals surface area contributed by atoms with Crippen molar-refractivity contribution >= 4 is 0 Å². The van der Waals surface area contributed by atoms with Crippen molar-refractivity contribution in [2.45, 2.75) is 12.5 Å². The minimum absolute atomic E-state index is 0.0572. The Morgan fingerprint density at radius 2 is 2.31 bits per heavy atom. The van der Waals surface area contributed by atoms with Crippen LogP contribution in [-0.2, 0) is 0 Å². The summed E-state index contributed by atoms with van der Waals surface area (Å²) in [6, 6.07) is 4.92. The maximum Gasteiger partial charge on any atom is 0.131 e. The molecular formula is C9H9FN2O. The zero-order valence-electron chi connectivity index (χ0n) is 6.87. The van der Waals surface area contributed by atoms with E-state index < -0.39 is 11.9 Å². The Kier molecular flexibility index (Phi) is 2.83. The molecule has 0 saturated heterocycles. The highest BCUT2D eigenvalue weighted by molar-refractivity contribution is 5.30. The molecule has 0 spiro atoms. The molecule has 0 saturated carbocycles. The van der Waals surface area contributed by atoms with Gasteiger partial charge in [0.05, 0.1) is 12.5 Å². The molecule has 13 heavy (non-hydrogen) atoms. The van der Waals surface area contributed by atoms with Crippen LogP contribution >= 0.6 is 0 Å². The summed E-state index contributed by atoms with van der Waals surface area (Å²) in [7, 11) is 0. The minimum Gasteiger partial charge on any atom is -0.508 e. The summed E-state index contributed by atoms with van der Waals surface area (Å²) >= 11 is 0. The van der Waals surface area contributed by atoms with Gasteiger partial charge in [-0.05, 0) is 6.07 Å². The molecule has 0 aliphatic carbocycles. The van der Waals surface area contributed by atoms with E-state index in [4.69, 9.17) is 16.1 Å². The van der Waals surface area contributed by atoms with E-state index in [-0.39, 0.29) is 17.7 Å². The van der Waals surface area contributed by atoms with Gasteiger partial charge >= 0.3 is 0 Å². The van der Waals surface area contributed by atoms with E-state index in [0.29, 0.717) is 0 Å². The van der Waals surface area contributed by atoms with Crippen LogP contribution in [0.1, 0.15) is 18.0 Å². The lowest BCUT2D eigenvalue weighted by Crippen LogP contribution is -2.10. The number of phenols is 1. The summed E-state index contributed by atoms with van der Waals surface area (Å²) in [5, 5.41) is 17.2. The first-order valence-corrected chi connectivity index (χ1v) is 3.76. The van der Waals surface area contributed by atoms with E-state index in [9.17, 15) is 4.39 Å². The topological polar surface area (TPSA) is 70.0 Å². The predicted octanol–water partition coefficient (Wildman–Crippen LogP) is 1.44. The summed E-state index contributed by atoms with van der Waals surface area (Å²) in [6.45, 7) is 0. The lowest BCUT2D eigenvalue weighted by molar-refractivity contribution is 0.466. The molecule has 0 amide bonds. The number of nitriles is 1. The third-order valence-corrected chi connectivity index (χ3v) is 1.69. The molecular weight excluding hydrogens is 171 g/mol. The number of aromatic hydroxyl groups is 1. The van der Waals surface area contributed by atoms with Gasteiger partial charge in [-0.3, -0.25) is 0 Å². The third-order valence-electron chi connectivity index (χ3n) is 1.69.